The predicted molar refractivity (Wildman–Crippen MR) is 79.4 cm³/mol. The molecule has 3 nitrogen and oxygen atoms in total. The Labute approximate surface area is 124 Å². The molecule has 2 aromatic rings. The summed E-state index contributed by atoms with van der Waals surface area (Å²) in [6.45, 7) is 6.72. The second-order valence-electron chi connectivity index (χ2n) is 5.48. The van der Waals surface area contributed by atoms with Gasteiger partial charge in [0.05, 0.1) is 12.7 Å². The van der Waals surface area contributed by atoms with E-state index in [9.17, 15) is 8.78 Å². The molecule has 0 aliphatic rings. The molecule has 0 aliphatic heterocycles. The van der Waals surface area contributed by atoms with Gasteiger partial charge in [-0.15, -0.1) is 0 Å². The highest BCUT2D eigenvalue weighted by Gasteiger charge is 2.20. The number of alkyl halides is 2. The van der Waals surface area contributed by atoms with Crippen LogP contribution in [0.4, 0.5) is 8.78 Å². The van der Waals surface area contributed by atoms with Crippen molar-refractivity contribution in [3.8, 4) is 0 Å². The number of nitrogens with zero attached hydrogens (tertiary/aromatic N) is 2. The van der Waals surface area contributed by atoms with Crippen molar-refractivity contribution in [2.24, 2.45) is 0 Å². The van der Waals surface area contributed by atoms with Crippen molar-refractivity contribution >= 4 is 0 Å². The van der Waals surface area contributed by atoms with Gasteiger partial charge < -0.3 is 5.32 Å². The van der Waals surface area contributed by atoms with E-state index in [-0.39, 0.29) is 11.7 Å². The number of halogens is 2. The Balaban J connectivity index is 2.25. The van der Waals surface area contributed by atoms with Crippen LogP contribution in [0.3, 0.4) is 0 Å². The second kappa shape index (κ2) is 6.80. The lowest BCUT2D eigenvalue weighted by molar-refractivity contribution is 0.138. The summed E-state index contributed by atoms with van der Waals surface area (Å²) in [5, 5.41) is 7.31. The summed E-state index contributed by atoms with van der Waals surface area (Å²) in [6.07, 6.45) is -0.990. The van der Waals surface area contributed by atoms with Gasteiger partial charge in [0.1, 0.15) is 5.69 Å². The van der Waals surface area contributed by atoms with E-state index >= 15 is 0 Å². The van der Waals surface area contributed by atoms with Gasteiger partial charge in [0.25, 0.3) is 6.43 Å². The zero-order valence-electron chi connectivity index (χ0n) is 12.6. The van der Waals surface area contributed by atoms with Gasteiger partial charge in [-0.2, -0.15) is 5.10 Å². The van der Waals surface area contributed by atoms with Crippen LogP contribution in [0.2, 0.25) is 0 Å². The third kappa shape index (κ3) is 3.88. The van der Waals surface area contributed by atoms with Gasteiger partial charge in [-0.25, -0.2) is 8.78 Å². The van der Waals surface area contributed by atoms with Crippen molar-refractivity contribution in [3.05, 3.63) is 52.8 Å². The third-order valence-electron chi connectivity index (χ3n) is 3.45. The molecule has 114 valence electrons. The summed E-state index contributed by atoms with van der Waals surface area (Å²) in [4.78, 5) is 0. The van der Waals surface area contributed by atoms with E-state index < -0.39 is 6.43 Å². The third-order valence-corrected chi connectivity index (χ3v) is 3.45. The van der Waals surface area contributed by atoms with Crippen molar-refractivity contribution in [2.75, 3.05) is 0 Å². The summed E-state index contributed by atoms with van der Waals surface area (Å²) in [5.74, 6) is 0. The highest BCUT2D eigenvalue weighted by atomic mass is 19.3. The molecule has 0 bridgehead atoms. The zero-order chi connectivity index (χ0) is 15.4. The van der Waals surface area contributed by atoms with Crippen LogP contribution in [0.25, 0.3) is 0 Å². The number of aryl methyl sites for hydroxylation is 1. The maximum Gasteiger partial charge on any atom is 0.280 e. The van der Waals surface area contributed by atoms with Crippen molar-refractivity contribution in [1.29, 1.82) is 0 Å². The van der Waals surface area contributed by atoms with Crippen LogP contribution in [0.1, 0.15) is 42.7 Å². The number of hydrogen-bond acceptors (Lipinski definition) is 2. The maximum absolute atomic E-state index is 13.4. The fourth-order valence-corrected chi connectivity index (χ4v) is 2.21. The summed E-state index contributed by atoms with van der Waals surface area (Å²) < 4.78 is 28.1. The van der Waals surface area contributed by atoms with Gasteiger partial charge in [0, 0.05) is 18.2 Å². The average Bonchev–Trinajstić information content (AvgIpc) is 2.82. The first-order chi connectivity index (χ1) is 9.99. The SMILES string of the molecule is Cc1ccccc1Cn1ncc(CNC(C)C)c1C(F)F. The Morgan fingerprint density at radius 2 is 1.90 bits per heavy atom. The molecule has 21 heavy (non-hydrogen) atoms. The van der Waals surface area contributed by atoms with Crippen molar-refractivity contribution in [2.45, 2.75) is 46.3 Å². The molecule has 0 radical (unpaired) electrons. The van der Waals surface area contributed by atoms with Gasteiger partial charge in [0.2, 0.25) is 0 Å². The van der Waals surface area contributed by atoms with E-state index in [0.29, 0.717) is 18.7 Å². The number of rotatable bonds is 6. The topological polar surface area (TPSA) is 29.9 Å². The van der Waals surface area contributed by atoms with Gasteiger partial charge in [-0.05, 0) is 18.1 Å². The minimum atomic E-state index is -2.53. The first kappa shape index (κ1) is 15.6. The molecule has 0 fully saturated rings. The predicted octanol–water partition coefficient (Wildman–Crippen LogP) is 3.68. The van der Waals surface area contributed by atoms with E-state index in [0.717, 1.165) is 11.1 Å². The molecule has 0 aliphatic carbocycles. The molecule has 0 amide bonds. The quantitative estimate of drug-likeness (QED) is 0.880. The molecule has 0 spiro atoms. The van der Waals surface area contributed by atoms with Crippen LogP contribution in [0, 0.1) is 6.92 Å². The van der Waals surface area contributed by atoms with Crippen LogP contribution in [0.5, 0.6) is 0 Å². The van der Waals surface area contributed by atoms with E-state index in [4.69, 9.17) is 0 Å². The summed E-state index contributed by atoms with van der Waals surface area (Å²) >= 11 is 0. The minimum Gasteiger partial charge on any atom is -0.310 e. The molecule has 2 rings (SSSR count). The average molecular weight is 293 g/mol. The van der Waals surface area contributed by atoms with Crippen molar-refractivity contribution in [3.63, 3.8) is 0 Å². The van der Waals surface area contributed by atoms with Crippen LogP contribution in [-0.2, 0) is 13.1 Å². The van der Waals surface area contributed by atoms with Crippen LogP contribution >= 0.6 is 0 Å². The molecule has 5 heteroatoms. The van der Waals surface area contributed by atoms with Crippen molar-refractivity contribution in [1.82, 2.24) is 15.1 Å². The largest absolute Gasteiger partial charge is 0.310 e. The number of benzene rings is 1. The fraction of sp³-hybridized carbons (Fsp3) is 0.438. The molecule has 0 unspecified atom stereocenters. The Morgan fingerprint density at radius 3 is 2.52 bits per heavy atom. The normalized spacial score (nSPS) is 11.6. The van der Waals surface area contributed by atoms with Crippen molar-refractivity contribution < 1.29 is 8.78 Å². The second-order valence-corrected chi connectivity index (χ2v) is 5.48. The summed E-state index contributed by atoms with van der Waals surface area (Å²) in [5.41, 5.74) is 2.65. The number of nitrogens with one attached hydrogen (secondary N) is 1. The molecule has 0 saturated heterocycles. The van der Waals surface area contributed by atoms with Crippen LogP contribution in [-0.4, -0.2) is 15.8 Å². The van der Waals surface area contributed by atoms with Gasteiger partial charge in [0.15, 0.2) is 0 Å². The highest BCUT2D eigenvalue weighted by molar-refractivity contribution is 5.27. The standard InChI is InChI=1S/C16H21F2N3/c1-11(2)19-8-14-9-20-21(15(14)16(17)18)10-13-7-5-4-6-12(13)3/h4-7,9,11,16,19H,8,10H2,1-3H3. The number of hydrogen-bond donors (Lipinski definition) is 1. The Kier molecular flexibility index (Phi) is 5.07. The highest BCUT2D eigenvalue weighted by Crippen LogP contribution is 2.24. The van der Waals surface area contributed by atoms with Gasteiger partial charge in [-0.3, -0.25) is 4.68 Å². The summed E-state index contributed by atoms with van der Waals surface area (Å²) in [6, 6.07) is 8.01. The van der Waals surface area contributed by atoms with E-state index in [1.165, 1.54) is 10.9 Å². The van der Waals surface area contributed by atoms with Crippen LogP contribution < -0.4 is 5.32 Å². The summed E-state index contributed by atoms with van der Waals surface area (Å²) in [7, 11) is 0. The van der Waals surface area contributed by atoms with Gasteiger partial charge in [-0.1, -0.05) is 38.1 Å². The molecular formula is C16H21F2N3. The van der Waals surface area contributed by atoms with E-state index in [1.807, 2.05) is 45.0 Å². The van der Waals surface area contributed by atoms with Gasteiger partial charge >= 0.3 is 0 Å². The molecule has 0 atom stereocenters. The first-order valence-corrected chi connectivity index (χ1v) is 7.09. The lowest BCUT2D eigenvalue weighted by atomic mass is 10.1. The molecular weight excluding hydrogens is 272 g/mol. The lowest BCUT2D eigenvalue weighted by Gasteiger charge is -2.12. The Morgan fingerprint density at radius 1 is 1.19 bits per heavy atom. The zero-order valence-corrected chi connectivity index (χ0v) is 12.6. The monoisotopic (exact) mass is 293 g/mol. The fourth-order valence-electron chi connectivity index (χ4n) is 2.21. The Bertz CT molecular complexity index is 591. The van der Waals surface area contributed by atoms with E-state index in [2.05, 4.69) is 10.4 Å². The maximum atomic E-state index is 13.4. The smallest absolute Gasteiger partial charge is 0.280 e. The molecule has 1 heterocycles. The van der Waals surface area contributed by atoms with E-state index in [1.54, 1.807) is 0 Å². The Hall–Kier alpha value is -1.75. The first-order valence-electron chi connectivity index (χ1n) is 7.09. The molecule has 0 saturated carbocycles. The molecule has 1 N–H and O–H groups in total. The lowest BCUT2D eigenvalue weighted by Crippen LogP contribution is -2.22. The minimum absolute atomic E-state index is 0.00593. The molecule has 1 aromatic heterocycles. The number of aromatic nitrogens is 2. The molecule has 1 aromatic carbocycles. The van der Waals surface area contributed by atoms with Crippen LogP contribution in [0.15, 0.2) is 30.5 Å².